The van der Waals surface area contributed by atoms with Crippen LogP contribution in [0.4, 0.5) is 10.2 Å². The number of hydrogen-bond donors (Lipinski definition) is 2. The van der Waals surface area contributed by atoms with Crippen molar-refractivity contribution in [3.63, 3.8) is 0 Å². The number of aromatic nitrogens is 5. The van der Waals surface area contributed by atoms with Crippen LogP contribution in [0.1, 0.15) is 30.8 Å². The maximum absolute atomic E-state index is 15.1. The van der Waals surface area contributed by atoms with Crippen molar-refractivity contribution in [2.75, 3.05) is 12.1 Å². The van der Waals surface area contributed by atoms with Crippen molar-refractivity contribution in [2.24, 2.45) is 7.05 Å². The van der Waals surface area contributed by atoms with Crippen LogP contribution in [0, 0.1) is 5.82 Å². The second kappa shape index (κ2) is 8.10. The number of rotatable bonds is 6. The fraction of sp³-hybridized carbons (Fsp3) is 0.304. The highest BCUT2D eigenvalue weighted by Crippen LogP contribution is 2.40. The van der Waals surface area contributed by atoms with Crippen molar-refractivity contribution in [1.82, 2.24) is 24.3 Å². The van der Waals surface area contributed by atoms with Gasteiger partial charge in [0.2, 0.25) is 12.5 Å². The molecule has 1 aliphatic rings. The molecule has 34 heavy (non-hydrogen) atoms. The van der Waals surface area contributed by atoms with Crippen LogP contribution in [-0.2, 0) is 13.6 Å². The van der Waals surface area contributed by atoms with E-state index in [1.165, 1.54) is 18.7 Å². The van der Waals surface area contributed by atoms with E-state index in [4.69, 9.17) is 9.47 Å². The van der Waals surface area contributed by atoms with E-state index >= 15 is 4.39 Å². The zero-order valence-corrected chi connectivity index (χ0v) is 18.9. The Hall–Kier alpha value is -3.99. The average molecular weight is 466 g/mol. The molecule has 1 aliphatic heterocycles. The average Bonchev–Trinajstić information content (AvgIpc) is 3.51. The summed E-state index contributed by atoms with van der Waals surface area (Å²) < 4.78 is 28.8. The predicted octanol–water partition coefficient (Wildman–Crippen LogP) is 3.11. The van der Waals surface area contributed by atoms with Gasteiger partial charge in [0.15, 0.2) is 23.0 Å². The summed E-state index contributed by atoms with van der Waals surface area (Å²) in [5.74, 6) is -0.269. The van der Waals surface area contributed by atoms with Crippen molar-refractivity contribution < 1.29 is 23.8 Å². The van der Waals surface area contributed by atoms with Crippen molar-refractivity contribution >= 4 is 22.8 Å². The maximum Gasteiger partial charge on any atom is 0.275 e. The fourth-order valence-corrected chi connectivity index (χ4v) is 3.74. The third kappa shape index (κ3) is 3.94. The van der Waals surface area contributed by atoms with E-state index in [-0.39, 0.29) is 23.9 Å². The lowest BCUT2D eigenvalue weighted by molar-refractivity contribution is 0.0654. The Morgan fingerprint density at radius 2 is 2.12 bits per heavy atom. The number of nitrogens with zero attached hydrogens (tertiary/aromatic N) is 5. The molecule has 0 saturated carbocycles. The third-order valence-corrected chi connectivity index (χ3v) is 5.59. The van der Waals surface area contributed by atoms with Gasteiger partial charge in [0.25, 0.3) is 5.91 Å². The molecule has 2 N–H and O–H groups in total. The highest BCUT2D eigenvalue weighted by Gasteiger charge is 2.24. The predicted molar refractivity (Wildman–Crippen MR) is 121 cm³/mol. The molecule has 3 aromatic heterocycles. The number of benzene rings is 1. The van der Waals surface area contributed by atoms with Crippen molar-refractivity contribution in [3.8, 4) is 22.6 Å². The number of carbonyl (C=O) groups excluding carboxylic acids is 1. The van der Waals surface area contributed by atoms with E-state index in [0.717, 1.165) is 0 Å². The number of aryl methyl sites for hydroxylation is 2. The van der Waals surface area contributed by atoms with Gasteiger partial charge in [-0.15, -0.1) is 0 Å². The SMILES string of the molecule is Cn1cncc1C(=O)Nc1nn(CCC(C)(C)O)c2ncc(-c3ccc4c(c3F)OCO4)cc12. The van der Waals surface area contributed by atoms with Crippen LogP contribution in [0.3, 0.4) is 0 Å². The Bertz CT molecular complexity index is 1400. The lowest BCUT2D eigenvalue weighted by Gasteiger charge is -2.16. The van der Waals surface area contributed by atoms with Gasteiger partial charge in [-0.1, -0.05) is 0 Å². The summed E-state index contributed by atoms with van der Waals surface area (Å²) in [5, 5.41) is 18.0. The molecule has 0 saturated heterocycles. The highest BCUT2D eigenvalue weighted by atomic mass is 19.1. The van der Waals surface area contributed by atoms with E-state index in [1.807, 2.05) is 0 Å². The van der Waals surface area contributed by atoms with Crippen molar-refractivity contribution in [2.45, 2.75) is 32.4 Å². The van der Waals surface area contributed by atoms with Crippen LogP contribution in [-0.4, -0.2) is 47.7 Å². The van der Waals surface area contributed by atoms with Gasteiger partial charge in [-0.25, -0.2) is 19.0 Å². The van der Waals surface area contributed by atoms with E-state index < -0.39 is 17.3 Å². The molecule has 10 nitrogen and oxygen atoms in total. The first-order valence-electron chi connectivity index (χ1n) is 10.7. The van der Waals surface area contributed by atoms with Crippen LogP contribution in [0.5, 0.6) is 11.5 Å². The molecular formula is C23H23FN6O4. The summed E-state index contributed by atoms with van der Waals surface area (Å²) in [6.45, 7) is 3.74. The first kappa shape index (κ1) is 21.8. The summed E-state index contributed by atoms with van der Waals surface area (Å²) in [6, 6.07) is 4.95. The number of anilines is 1. The van der Waals surface area contributed by atoms with Crippen LogP contribution in [0.25, 0.3) is 22.2 Å². The van der Waals surface area contributed by atoms with Crippen molar-refractivity contribution in [1.29, 1.82) is 0 Å². The van der Waals surface area contributed by atoms with E-state index in [0.29, 0.717) is 41.0 Å². The molecule has 0 aliphatic carbocycles. The van der Waals surface area contributed by atoms with Gasteiger partial charge >= 0.3 is 0 Å². The number of imidazole rings is 1. The summed E-state index contributed by atoms with van der Waals surface area (Å²) in [4.78, 5) is 21.3. The minimum absolute atomic E-state index is 0.0365. The normalized spacial score (nSPS) is 13.0. The molecule has 0 radical (unpaired) electrons. The topological polar surface area (TPSA) is 116 Å². The molecule has 0 fully saturated rings. The van der Waals surface area contributed by atoms with E-state index in [2.05, 4.69) is 20.4 Å². The molecule has 4 heterocycles. The third-order valence-electron chi connectivity index (χ3n) is 5.59. The molecule has 0 bridgehead atoms. The zero-order valence-electron chi connectivity index (χ0n) is 18.9. The standard InChI is InChI=1S/C23H23FN6O4/c1-23(2,32)6-7-30-21-15(20(28-30)27-22(31)16-10-25-11-29(16)3)8-13(9-26-21)14-4-5-17-19(18(14)24)34-12-33-17/h4-5,8-11,32H,6-7,12H2,1-3H3,(H,27,28,31). The number of carbonyl (C=O) groups is 1. The molecule has 0 spiro atoms. The summed E-state index contributed by atoms with van der Waals surface area (Å²) in [5.41, 5.74) is 0.708. The Balaban J connectivity index is 1.58. The van der Waals surface area contributed by atoms with Gasteiger partial charge in [-0.3, -0.25) is 4.79 Å². The van der Waals surface area contributed by atoms with Crippen LogP contribution in [0.2, 0.25) is 0 Å². The number of ether oxygens (including phenoxy) is 2. The van der Waals surface area contributed by atoms with Gasteiger partial charge < -0.3 is 24.5 Å². The van der Waals surface area contributed by atoms with Gasteiger partial charge in [-0.2, -0.15) is 5.10 Å². The first-order valence-corrected chi connectivity index (χ1v) is 10.7. The Labute approximate surface area is 194 Å². The lowest BCUT2D eigenvalue weighted by Crippen LogP contribution is -2.21. The summed E-state index contributed by atoms with van der Waals surface area (Å²) >= 11 is 0. The number of amides is 1. The Morgan fingerprint density at radius 1 is 1.29 bits per heavy atom. The Kier molecular flexibility index (Phi) is 5.20. The quantitative estimate of drug-likeness (QED) is 0.448. The number of nitrogens with one attached hydrogen (secondary N) is 1. The molecule has 1 amide bonds. The molecule has 1 aromatic carbocycles. The minimum atomic E-state index is -0.911. The van der Waals surface area contributed by atoms with Crippen LogP contribution < -0.4 is 14.8 Å². The molecule has 0 atom stereocenters. The zero-order chi connectivity index (χ0) is 24.0. The molecule has 5 rings (SSSR count). The van der Waals surface area contributed by atoms with Gasteiger partial charge in [-0.05, 0) is 38.5 Å². The van der Waals surface area contributed by atoms with Crippen molar-refractivity contribution in [3.05, 3.63) is 48.4 Å². The monoisotopic (exact) mass is 466 g/mol. The van der Waals surface area contributed by atoms with Gasteiger partial charge in [0.1, 0.15) is 5.69 Å². The number of hydrogen-bond acceptors (Lipinski definition) is 7. The van der Waals surface area contributed by atoms with Gasteiger partial charge in [0, 0.05) is 30.9 Å². The maximum atomic E-state index is 15.1. The summed E-state index contributed by atoms with van der Waals surface area (Å²) in [6.07, 6.45) is 4.93. The molecular weight excluding hydrogens is 443 g/mol. The number of pyridine rings is 1. The molecule has 4 aromatic rings. The van der Waals surface area contributed by atoms with Crippen LogP contribution in [0.15, 0.2) is 36.9 Å². The summed E-state index contributed by atoms with van der Waals surface area (Å²) in [7, 11) is 1.71. The number of fused-ring (bicyclic) bond motifs is 2. The second-order valence-electron chi connectivity index (χ2n) is 8.73. The highest BCUT2D eigenvalue weighted by molar-refractivity contribution is 6.07. The molecule has 11 heteroatoms. The molecule has 176 valence electrons. The van der Waals surface area contributed by atoms with E-state index in [1.54, 1.807) is 48.3 Å². The molecule has 0 unspecified atom stereocenters. The van der Waals surface area contributed by atoms with E-state index in [9.17, 15) is 9.90 Å². The second-order valence-corrected chi connectivity index (χ2v) is 8.73. The Morgan fingerprint density at radius 3 is 2.85 bits per heavy atom. The first-order chi connectivity index (χ1) is 16.2. The number of halogens is 1. The number of aliphatic hydroxyl groups is 1. The largest absolute Gasteiger partial charge is 0.453 e. The smallest absolute Gasteiger partial charge is 0.275 e. The van der Waals surface area contributed by atoms with Crippen LogP contribution >= 0.6 is 0 Å². The van der Waals surface area contributed by atoms with Gasteiger partial charge in [0.05, 0.1) is 23.5 Å². The fourth-order valence-electron chi connectivity index (χ4n) is 3.74. The minimum Gasteiger partial charge on any atom is -0.453 e. The lowest BCUT2D eigenvalue weighted by atomic mass is 10.0.